The fraction of sp³-hybridized carbons (Fsp3) is 0.143. The van der Waals surface area contributed by atoms with Gasteiger partial charge in [0.25, 0.3) is 10.0 Å². The third-order valence-electron chi connectivity index (χ3n) is 4.25. The number of nitrogens with one attached hydrogen (secondary N) is 1. The minimum Gasteiger partial charge on any atom is -0.309 e. The van der Waals surface area contributed by atoms with Crippen molar-refractivity contribution in [2.45, 2.75) is 17.9 Å². The summed E-state index contributed by atoms with van der Waals surface area (Å²) in [5.74, 6) is 0. The minimum atomic E-state index is -3.71. The first-order chi connectivity index (χ1) is 12.6. The predicted octanol–water partition coefficient (Wildman–Crippen LogP) is 3.88. The fourth-order valence-electron chi connectivity index (χ4n) is 3.14. The average Bonchev–Trinajstić information content (AvgIpc) is 2.97. The SMILES string of the molecule is C=CCNCc1c(CC=C)n(S(=O)(=O)c2ccccc2)c2ccccc12. The quantitative estimate of drug-likeness (QED) is 0.486. The molecular weight excluding hydrogens is 344 g/mol. The van der Waals surface area contributed by atoms with Crippen molar-refractivity contribution in [2.24, 2.45) is 0 Å². The zero-order chi connectivity index (χ0) is 18.6. The van der Waals surface area contributed by atoms with Crippen LogP contribution in [0.25, 0.3) is 10.9 Å². The fourth-order valence-corrected chi connectivity index (χ4v) is 4.75. The van der Waals surface area contributed by atoms with Gasteiger partial charge in [-0.25, -0.2) is 12.4 Å². The second-order valence-corrected chi connectivity index (χ2v) is 7.72. The molecule has 0 atom stereocenters. The lowest BCUT2D eigenvalue weighted by Crippen LogP contribution is -2.18. The van der Waals surface area contributed by atoms with Crippen LogP contribution in [-0.4, -0.2) is 18.9 Å². The Morgan fingerprint density at radius 3 is 2.35 bits per heavy atom. The molecule has 134 valence electrons. The normalized spacial score (nSPS) is 11.5. The number of allylic oxidation sites excluding steroid dienone is 1. The van der Waals surface area contributed by atoms with Crippen LogP contribution >= 0.6 is 0 Å². The van der Waals surface area contributed by atoms with Crippen molar-refractivity contribution in [1.82, 2.24) is 9.29 Å². The van der Waals surface area contributed by atoms with E-state index in [0.29, 0.717) is 25.0 Å². The van der Waals surface area contributed by atoms with Crippen molar-refractivity contribution < 1.29 is 8.42 Å². The van der Waals surface area contributed by atoms with Crippen molar-refractivity contribution in [3.8, 4) is 0 Å². The number of rotatable bonds is 8. The summed E-state index contributed by atoms with van der Waals surface area (Å²) < 4.78 is 28.2. The van der Waals surface area contributed by atoms with Crippen molar-refractivity contribution in [1.29, 1.82) is 0 Å². The van der Waals surface area contributed by atoms with Crippen molar-refractivity contribution in [3.05, 3.63) is 91.2 Å². The molecule has 1 N–H and O–H groups in total. The summed E-state index contributed by atoms with van der Waals surface area (Å²) in [6, 6.07) is 16.1. The monoisotopic (exact) mass is 366 g/mol. The Morgan fingerprint density at radius 2 is 1.65 bits per heavy atom. The smallest absolute Gasteiger partial charge is 0.268 e. The Balaban J connectivity index is 2.29. The van der Waals surface area contributed by atoms with E-state index in [-0.39, 0.29) is 4.90 Å². The third-order valence-corrected chi connectivity index (χ3v) is 6.02. The number of para-hydroxylation sites is 1. The van der Waals surface area contributed by atoms with Crippen LogP contribution in [0.1, 0.15) is 11.3 Å². The maximum Gasteiger partial charge on any atom is 0.268 e. The topological polar surface area (TPSA) is 51.1 Å². The van der Waals surface area contributed by atoms with Crippen LogP contribution in [-0.2, 0) is 23.0 Å². The van der Waals surface area contributed by atoms with Gasteiger partial charge in [-0.2, -0.15) is 0 Å². The summed E-state index contributed by atoms with van der Waals surface area (Å²) in [6.45, 7) is 8.75. The lowest BCUT2D eigenvalue weighted by atomic mass is 10.1. The second-order valence-electron chi connectivity index (χ2n) is 5.94. The van der Waals surface area contributed by atoms with Gasteiger partial charge in [-0.15, -0.1) is 13.2 Å². The van der Waals surface area contributed by atoms with Crippen LogP contribution in [0.15, 0.2) is 84.8 Å². The molecule has 1 heterocycles. The van der Waals surface area contributed by atoms with E-state index in [1.807, 2.05) is 30.3 Å². The Morgan fingerprint density at radius 1 is 0.962 bits per heavy atom. The summed E-state index contributed by atoms with van der Waals surface area (Å²) in [4.78, 5) is 0.275. The van der Waals surface area contributed by atoms with Gasteiger partial charge >= 0.3 is 0 Å². The molecule has 0 aliphatic carbocycles. The molecule has 3 aromatic rings. The number of nitrogens with zero attached hydrogens (tertiary/aromatic N) is 1. The van der Waals surface area contributed by atoms with Crippen LogP contribution in [0.3, 0.4) is 0 Å². The molecule has 2 aromatic carbocycles. The van der Waals surface area contributed by atoms with Gasteiger partial charge in [0.15, 0.2) is 0 Å². The minimum absolute atomic E-state index is 0.275. The van der Waals surface area contributed by atoms with E-state index in [1.54, 1.807) is 36.4 Å². The van der Waals surface area contributed by atoms with E-state index < -0.39 is 10.0 Å². The molecule has 0 unspecified atom stereocenters. The molecule has 0 spiro atoms. The summed E-state index contributed by atoms with van der Waals surface area (Å²) in [6.07, 6.45) is 3.99. The van der Waals surface area contributed by atoms with Crippen LogP contribution < -0.4 is 5.32 Å². The van der Waals surface area contributed by atoms with Gasteiger partial charge in [0.05, 0.1) is 10.4 Å². The Bertz CT molecular complexity index is 1030. The van der Waals surface area contributed by atoms with Gasteiger partial charge in [0, 0.05) is 30.6 Å². The second kappa shape index (κ2) is 7.72. The molecule has 0 saturated heterocycles. The van der Waals surface area contributed by atoms with E-state index in [1.165, 1.54) is 3.97 Å². The van der Waals surface area contributed by atoms with Crippen molar-refractivity contribution in [2.75, 3.05) is 6.54 Å². The van der Waals surface area contributed by atoms with Crippen LogP contribution in [0.5, 0.6) is 0 Å². The molecular formula is C21H22N2O2S. The molecule has 0 fully saturated rings. The number of hydrogen-bond donors (Lipinski definition) is 1. The van der Waals surface area contributed by atoms with E-state index in [4.69, 9.17) is 0 Å². The number of fused-ring (bicyclic) bond motifs is 1. The zero-order valence-corrected chi connectivity index (χ0v) is 15.4. The Hall–Kier alpha value is -2.63. The molecule has 3 rings (SSSR count). The largest absolute Gasteiger partial charge is 0.309 e. The highest BCUT2D eigenvalue weighted by Gasteiger charge is 2.25. The van der Waals surface area contributed by atoms with Crippen LogP contribution in [0.4, 0.5) is 0 Å². The van der Waals surface area contributed by atoms with E-state index >= 15 is 0 Å². The summed E-state index contributed by atoms with van der Waals surface area (Å²) >= 11 is 0. The third kappa shape index (κ3) is 3.23. The van der Waals surface area contributed by atoms with Gasteiger partial charge in [0.1, 0.15) is 0 Å². The van der Waals surface area contributed by atoms with Gasteiger partial charge in [0.2, 0.25) is 0 Å². The molecule has 1 aromatic heterocycles. The average molecular weight is 366 g/mol. The van der Waals surface area contributed by atoms with Gasteiger partial charge in [-0.3, -0.25) is 0 Å². The number of benzene rings is 2. The van der Waals surface area contributed by atoms with Crippen LogP contribution in [0.2, 0.25) is 0 Å². The maximum atomic E-state index is 13.4. The molecule has 0 bridgehead atoms. The molecule has 0 radical (unpaired) electrons. The molecule has 26 heavy (non-hydrogen) atoms. The highest BCUT2D eigenvalue weighted by atomic mass is 32.2. The van der Waals surface area contributed by atoms with Gasteiger partial charge in [-0.05, 0) is 23.8 Å². The highest BCUT2D eigenvalue weighted by Crippen LogP contribution is 2.31. The Labute approximate surface area is 154 Å². The summed E-state index contributed by atoms with van der Waals surface area (Å²) in [7, 11) is -3.71. The van der Waals surface area contributed by atoms with Gasteiger partial charge in [-0.1, -0.05) is 48.6 Å². The molecule has 0 amide bonds. The first-order valence-corrected chi connectivity index (χ1v) is 9.89. The first kappa shape index (κ1) is 18.2. The molecule has 0 aliphatic heterocycles. The van der Waals surface area contributed by atoms with Crippen LogP contribution in [0, 0.1) is 0 Å². The van der Waals surface area contributed by atoms with Crippen molar-refractivity contribution >= 4 is 20.9 Å². The first-order valence-electron chi connectivity index (χ1n) is 8.45. The van der Waals surface area contributed by atoms with E-state index in [2.05, 4.69) is 18.5 Å². The molecule has 0 aliphatic rings. The van der Waals surface area contributed by atoms with E-state index in [0.717, 1.165) is 16.6 Å². The standard InChI is InChI=1S/C21H22N2O2S/c1-3-10-20-19(16-22-15-4-2)18-13-8-9-14-21(18)23(20)26(24,25)17-11-6-5-7-12-17/h3-9,11-14,22H,1-2,10,15-16H2. The molecule has 0 saturated carbocycles. The highest BCUT2D eigenvalue weighted by molar-refractivity contribution is 7.90. The lowest BCUT2D eigenvalue weighted by Gasteiger charge is -2.12. The maximum absolute atomic E-state index is 13.4. The zero-order valence-electron chi connectivity index (χ0n) is 14.6. The Kier molecular flexibility index (Phi) is 5.40. The molecule has 5 heteroatoms. The number of hydrogen-bond acceptors (Lipinski definition) is 3. The van der Waals surface area contributed by atoms with E-state index in [9.17, 15) is 8.42 Å². The lowest BCUT2D eigenvalue weighted by molar-refractivity contribution is 0.587. The number of aromatic nitrogens is 1. The predicted molar refractivity (Wildman–Crippen MR) is 107 cm³/mol. The summed E-state index contributed by atoms with van der Waals surface area (Å²) in [5, 5.41) is 4.22. The summed E-state index contributed by atoms with van der Waals surface area (Å²) in [5.41, 5.74) is 2.40. The van der Waals surface area contributed by atoms with Crippen molar-refractivity contribution in [3.63, 3.8) is 0 Å². The molecule has 4 nitrogen and oxygen atoms in total. The van der Waals surface area contributed by atoms with Gasteiger partial charge < -0.3 is 5.32 Å².